The highest BCUT2D eigenvalue weighted by molar-refractivity contribution is 6.09. The first kappa shape index (κ1) is 19.9. The number of rotatable bonds is 6. The van der Waals surface area contributed by atoms with E-state index < -0.39 is 48.7 Å². The Hall–Kier alpha value is -1.88. The van der Waals surface area contributed by atoms with E-state index in [9.17, 15) is 27.6 Å². The maximum Gasteiger partial charge on any atom is 0.405 e. The fraction of sp³-hybridized carbons (Fsp3) is 0.812. The van der Waals surface area contributed by atoms with Crippen LogP contribution in [-0.2, 0) is 9.59 Å². The minimum absolute atomic E-state index is 0.0457. The minimum atomic E-state index is -4.49. The fourth-order valence-corrected chi connectivity index (χ4v) is 3.65. The molecule has 8 nitrogen and oxygen atoms in total. The average Bonchev–Trinajstić information content (AvgIpc) is 3.41. The molecule has 3 N–H and O–H groups in total. The van der Waals surface area contributed by atoms with Crippen molar-refractivity contribution in [3.63, 3.8) is 0 Å². The second kappa shape index (κ2) is 7.27. The normalized spacial score (nSPS) is 28.2. The third-order valence-corrected chi connectivity index (χ3v) is 5.46. The van der Waals surface area contributed by atoms with Crippen LogP contribution in [0.3, 0.4) is 0 Å². The second-order valence-electron chi connectivity index (χ2n) is 7.45. The molecular weight excluding hydrogens is 367 g/mol. The van der Waals surface area contributed by atoms with Crippen molar-refractivity contribution in [2.75, 3.05) is 39.3 Å². The molecule has 3 aliphatic rings. The first-order valence-electron chi connectivity index (χ1n) is 9.05. The monoisotopic (exact) mass is 391 g/mol. The largest absolute Gasteiger partial charge is 0.405 e. The van der Waals surface area contributed by atoms with E-state index in [-0.39, 0.29) is 19.0 Å². The van der Waals surface area contributed by atoms with Gasteiger partial charge in [-0.1, -0.05) is 0 Å². The molecule has 2 aliphatic heterocycles. The third kappa shape index (κ3) is 4.18. The smallest absolute Gasteiger partial charge is 0.353 e. The molecule has 0 spiro atoms. The van der Waals surface area contributed by atoms with Crippen molar-refractivity contribution in [3.8, 4) is 0 Å². The average molecular weight is 391 g/mol. The molecule has 3 fully saturated rings. The molecule has 0 bridgehead atoms. The summed E-state index contributed by atoms with van der Waals surface area (Å²) >= 11 is 0. The Morgan fingerprint density at radius 3 is 2.48 bits per heavy atom. The summed E-state index contributed by atoms with van der Waals surface area (Å²) in [7, 11) is 0. The molecule has 0 radical (unpaired) electrons. The molecule has 0 aromatic heterocycles. The van der Waals surface area contributed by atoms with Crippen LogP contribution in [0.25, 0.3) is 0 Å². The summed E-state index contributed by atoms with van der Waals surface area (Å²) < 4.78 is 40.0. The van der Waals surface area contributed by atoms with Gasteiger partial charge in [-0.25, -0.2) is 4.79 Å². The molecular formula is C16H24F3N5O3. The van der Waals surface area contributed by atoms with Crippen LogP contribution in [0.15, 0.2) is 0 Å². The Balaban J connectivity index is 1.56. The predicted molar refractivity (Wildman–Crippen MR) is 88.7 cm³/mol. The van der Waals surface area contributed by atoms with Gasteiger partial charge in [0, 0.05) is 32.7 Å². The molecule has 4 amide bonds. The van der Waals surface area contributed by atoms with E-state index in [1.807, 2.05) is 0 Å². The third-order valence-electron chi connectivity index (χ3n) is 5.46. The summed E-state index contributed by atoms with van der Waals surface area (Å²) in [4.78, 5) is 38.7. The lowest BCUT2D eigenvalue weighted by molar-refractivity contribution is -0.184. The van der Waals surface area contributed by atoms with Crippen molar-refractivity contribution in [1.29, 1.82) is 0 Å². The Bertz CT molecular complexity index is 619. The minimum Gasteiger partial charge on any atom is -0.353 e. The number of nitrogens with one attached hydrogen (secondary N) is 3. The molecule has 11 heteroatoms. The van der Waals surface area contributed by atoms with Gasteiger partial charge in [-0.2, -0.15) is 13.2 Å². The molecule has 1 aliphatic carbocycles. The summed E-state index contributed by atoms with van der Waals surface area (Å²) in [6, 6.07) is -2.48. The van der Waals surface area contributed by atoms with Crippen molar-refractivity contribution in [2.24, 2.45) is 5.92 Å². The molecule has 152 valence electrons. The highest BCUT2D eigenvalue weighted by Gasteiger charge is 2.56. The van der Waals surface area contributed by atoms with Crippen molar-refractivity contribution in [1.82, 2.24) is 25.8 Å². The molecule has 2 atom stereocenters. The molecule has 0 aromatic rings. The van der Waals surface area contributed by atoms with Gasteiger partial charge < -0.3 is 16.0 Å². The molecule has 2 saturated heterocycles. The predicted octanol–water partition coefficient (Wildman–Crippen LogP) is -0.341. The Labute approximate surface area is 154 Å². The molecule has 2 heterocycles. The van der Waals surface area contributed by atoms with Crippen LogP contribution in [0, 0.1) is 5.92 Å². The van der Waals surface area contributed by atoms with E-state index in [4.69, 9.17) is 0 Å². The van der Waals surface area contributed by atoms with Gasteiger partial charge in [0.1, 0.15) is 18.1 Å². The standard InChI is InChI=1S/C16H24F3N5O3/c1-15(10-2-3-10)13(26)24(14(27)22-15)9-12(25)21-8-11(16(17,18)19)23-6-4-20-5-7-23/h10-11,20H,2-9H2,1H3,(H,21,25)(H,22,27). The topological polar surface area (TPSA) is 93.8 Å². The number of nitrogens with zero attached hydrogens (tertiary/aromatic N) is 2. The number of alkyl halides is 3. The van der Waals surface area contributed by atoms with Gasteiger partial charge in [-0.05, 0) is 25.7 Å². The van der Waals surface area contributed by atoms with Gasteiger partial charge in [0.25, 0.3) is 5.91 Å². The summed E-state index contributed by atoms with van der Waals surface area (Å²) in [5.74, 6) is -1.24. The van der Waals surface area contributed by atoms with Crippen LogP contribution >= 0.6 is 0 Å². The zero-order chi connectivity index (χ0) is 19.8. The number of amides is 4. The zero-order valence-electron chi connectivity index (χ0n) is 15.1. The zero-order valence-corrected chi connectivity index (χ0v) is 15.1. The number of hydrogen-bond acceptors (Lipinski definition) is 5. The SMILES string of the molecule is CC1(C2CC2)NC(=O)N(CC(=O)NCC(N2CCNCC2)C(F)(F)F)C1=O. The van der Waals surface area contributed by atoms with E-state index >= 15 is 0 Å². The highest BCUT2D eigenvalue weighted by Crippen LogP contribution is 2.42. The lowest BCUT2D eigenvalue weighted by Gasteiger charge is -2.36. The van der Waals surface area contributed by atoms with Crippen molar-refractivity contribution < 1.29 is 27.6 Å². The Morgan fingerprint density at radius 1 is 1.30 bits per heavy atom. The van der Waals surface area contributed by atoms with E-state index in [1.54, 1.807) is 6.92 Å². The Kier molecular flexibility index (Phi) is 5.35. The van der Waals surface area contributed by atoms with E-state index in [0.717, 1.165) is 17.7 Å². The number of urea groups is 1. The lowest BCUT2D eigenvalue weighted by atomic mass is 9.96. The molecule has 1 saturated carbocycles. The number of imide groups is 1. The van der Waals surface area contributed by atoms with Crippen molar-refractivity contribution >= 4 is 17.8 Å². The van der Waals surface area contributed by atoms with Crippen LogP contribution in [0.4, 0.5) is 18.0 Å². The lowest BCUT2D eigenvalue weighted by Crippen LogP contribution is -2.58. The van der Waals surface area contributed by atoms with E-state index in [1.165, 1.54) is 4.90 Å². The molecule has 27 heavy (non-hydrogen) atoms. The first-order valence-corrected chi connectivity index (χ1v) is 9.05. The summed E-state index contributed by atoms with van der Waals surface area (Å²) in [5.41, 5.74) is -1.02. The van der Waals surface area contributed by atoms with Crippen molar-refractivity contribution in [3.05, 3.63) is 0 Å². The number of halogens is 3. The number of piperazine rings is 1. The maximum absolute atomic E-state index is 13.3. The van der Waals surface area contributed by atoms with Crippen LogP contribution < -0.4 is 16.0 Å². The summed E-state index contributed by atoms with van der Waals surface area (Å²) in [6.07, 6.45) is -2.85. The second-order valence-corrected chi connectivity index (χ2v) is 7.45. The van der Waals surface area contributed by atoms with Gasteiger partial charge in [0.2, 0.25) is 5.91 Å². The van der Waals surface area contributed by atoms with E-state index in [0.29, 0.717) is 13.1 Å². The van der Waals surface area contributed by atoms with Gasteiger partial charge >= 0.3 is 12.2 Å². The first-order chi connectivity index (χ1) is 12.6. The molecule has 0 aromatic carbocycles. The fourth-order valence-electron chi connectivity index (χ4n) is 3.65. The van der Waals surface area contributed by atoms with Gasteiger partial charge in [-0.3, -0.25) is 19.4 Å². The van der Waals surface area contributed by atoms with E-state index in [2.05, 4.69) is 16.0 Å². The van der Waals surface area contributed by atoms with Gasteiger partial charge in [0.05, 0.1) is 0 Å². The number of carbonyl (C=O) groups is 3. The van der Waals surface area contributed by atoms with Crippen LogP contribution in [0.1, 0.15) is 19.8 Å². The maximum atomic E-state index is 13.3. The summed E-state index contributed by atoms with van der Waals surface area (Å²) in [6.45, 7) is 1.77. The van der Waals surface area contributed by atoms with Gasteiger partial charge in [0.15, 0.2) is 0 Å². The van der Waals surface area contributed by atoms with Gasteiger partial charge in [-0.15, -0.1) is 0 Å². The quantitative estimate of drug-likeness (QED) is 0.539. The number of hydrogen-bond donors (Lipinski definition) is 3. The number of carbonyl (C=O) groups excluding carboxylic acids is 3. The molecule has 2 unspecified atom stereocenters. The van der Waals surface area contributed by atoms with Crippen LogP contribution in [0.5, 0.6) is 0 Å². The van der Waals surface area contributed by atoms with Crippen LogP contribution in [0.2, 0.25) is 0 Å². The summed E-state index contributed by atoms with van der Waals surface area (Å²) in [5, 5.41) is 7.81. The Morgan fingerprint density at radius 2 is 1.93 bits per heavy atom. The van der Waals surface area contributed by atoms with Crippen LogP contribution in [-0.4, -0.2) is 84.7 Å². The molecule has 3 rings (SSSR count). The van der Waals surface area contributed by atoms with Crippen molar-refractivity contribution in [2.45, 2.75) is 37.5 Å². The highest BCUT2D eigenvalue weighted by atomic mass is 19.4.